The van der Waals surface area contributed by atoms with Crippen molar-refractivity contribution >= 4 is 34.0 Å². The summed E-state index contributed by atoms with van der Waals surface area (Å²) in [6.45, 7) is 0. The van der Waals surface area contributed by atoms with Gasteiger partial charge in [0.15, 0.2) is 0 Å². The van der Waals surface area contributed by atoms with Gasteiger partial charge in [-0.2, -0.15) is 5.26 Å². The molecule has 1 aliphatic rings. The fourth-order valence-electron chi connectivity index (χ4n) is 2.67. The lowest BCUT2D eigenvalue weighted by atomic mass is 10.0. The Hall–Kier alpha value is -3.04. The van der Waals surface area contributed by atoms with E-state index in [2.05, 4.69) is 6.07 Å². The molecule has 0 radical (unpaired) electrons. The van der Waals surface area contributed by atoms with Crippen molar-refractivity contribution in [2.75, 3.05) is 12.9 Å². The second kappa shape index (κ2) is 9.25. The topological polar surface area (TPSA) is 82.7 Å². The number of carbonyl (C=O) groups is 1. The lowest BCUT2D eigenvalue weighted by Gasteiger charge is -2.13. The summed E-state index contributed by atoms with van der Waals surface area (Å²) in [6.07, 6.45) is 3.67. The van der Waals surface area contributed by atoms with E-state index in [0.29, 0.717) is 22.7 Å². The first-order chi connectivity index (χ1) is 13.6. The third-order valence-electron chi connectivity index (χ3n) is 4.27. The predicted octanol–water partition coefficient (Wildman–Crippen LogP) is 4.85. The third-order valence-corrected chi connectivity index (χ3v) is 5.50. The highest BCUT2D eigenvalue weighted by molar-refractivity contribution is 8.14. The number of methoxy groups -OCH3 is 1. The second-order valence-corrected chi connectivity index (χ2v) is 7.46. The van der Waals surface area contributed by atoms with Gasteiger partial charge in [0.25, 0.3) is 0 Å². The normalized spacial score (nSPS) is 14.4. The van der Waals surface area contributed by atoms with Gasteiger partial charge < -0.3 is 9.84 Å². The lowest BCUT2D eigenvalue weighted by molar-refractivity contribution is -0.130. The van der Waals surface area contributed by atoms with Gasteiger partial charge in [0, 0.05) is 16.9 Å². The van der Waals surface area contributed by atoms with Crippen LogP contribution in [0, 0.1) is 17.2 Å². The first-order valence-corrected chi connectivity index (χ1v) is 9.88. The predicted molar refractivity (Wildman–Crippen MR) is 112 cm³/mol. The molecule has 0 saturated heterocycles. The molecule has 0 unspecified atom stereocenters. The van der Waals surface area contributed by atoms with Crippen LogP contribution < -0.4 is 0 Å². The number of nitrogens with zero attached hydrogens (tertiary/aromatic N) is 2. The van der Waals surface area contributed by atoms with E-state index in [9.17, 15) is 9.90 Å². The number of thioether (sulfide) groups is 1. The molecular weight excluding hydrogens is 372 g/mol. The van der Waals surface area contributed by atoms with Crippen LogP contribution >= 0.6 is 11.8 Å². The molecule has 1 N–H and O–H groups in total. The molecule has 0 aliphatic heterocycles. The molecular formula is C22H20N2O3S. The SMILES string of the molecule is CO/C=C(/C(=O)O)c1ccccc1C(=Nc1cccc(C#N)c1)SCC1CC1. The molecule has 0 aromatic heterocycles. The fourth-order valence-corrected chi connectivity index (χ4v) is 3.90. The molecule has 5 nitrogen and oxygen atoms in total. The van der Waals surface area contributed by atoms with Gasteiger partial charge in [0.05, 0.1) is 30.7 Å². The number of nitriles is 1. The molecule has 2 aromatic carbocycles. The number of hydrogen-bond acceptors (Lipinski definition) is 5. The zero-order valence-electron chi connectivity index (χ0n) is 15.5. The molecule has 2 aromatic rings. The minimum Gasteiger partial charge on any atom is -0.503 e. The van der Waals surface area contributed by atoms with E-state index in [1.165, 1.54) is 26.2 Å². The number of benzene rings is 2. The molecule has 0 atom stereocenters. The largest absolute Gasteiger partial charge is 0.503 e. The number of rotatable bonds is 7. The molecule has 0 heterocycles. The summed E-state index contributed by atoms with van der Waals surface area (Å²) in [4.78, 5) is 16.5. The van der Waals surface area contributed by atoms with E-state index in [-0.39, 0.29) is 5.57 Å². The number of aliphatic imine (C=N–C) groups is 1. The van der Waals surface area contributed by atoms with Gasteiger partial charge in [0.1, 0.15) is 10.6 Å². The van der Waals surface area contributed by atoms with E-state index < -0.39 is 5.97 Å². The summed E-state index contributed by atoms with van der Waals surface area (Å²) in [5.74, 6) is 0.551. The van der Waals surface area contributed by atoms with Crippen LogP contribution in [0.4, 0.5) is 5.69 Å². The molecule has 1 fully saturated rings. The van der Waals surface area contributed by atoms with Crippen molar-refractivity contribution < 1.29 is 14.6 Å². The Kier molecular flexibility index (Phi) is 6.51. The Morgan fingerprint density at radius 2 is 2.04 bits per heavy atom. The maximum absolute atomic E-state index is 11.8. The molecule has 3 rings (SSSR count). The maximum atomic E-state index is 11.8. The Balaban J connectivity index is 2.08. The molecule has 6 heteroatoms. The molecule has 142 valence electrons. The van der Waals surface area contributed by atoms with Crippen LogP contribution in [0.3, 0.4) is 0 Å². The zero-order valence-corrected chi connectivity index (χ0v) is 16.3. The highest BCUT2D eigenvalue weighted by atomic mass is 32.2. The second-order valence-electron chi connectivity index (χ2n) is 6.45. The molecule has 1 aliphatic carbocycles. The first kappa shape index (κ1) is 19.7. The van der Waals surface area contributed by atoms with Crippen molar-refractivity contribution in [2.45, 2.75) is 12.8 Å². The Bertz CT molecular complexity index is 972. The van der Waals surface area contributed by atoms with Gasteiger partial charge in [-0.1, -0.05) is 30.3 Å². The van der Waals surface area contributed by atoms with Crippen LogP contribution in [0.15, 0.2) is 59.8 Å². The van der Waals surface area contributed by atoms with E-state index in [0.717, 1.165) is 16.4 Å². The quantitative estimate of drug-likeness (QED) is 0.315. The maximum Gasteiger partial charge on any atom is 0.339 e. The standard InChI is InChI=1S/C22H20N2O3S/c1-27-13-20(22(25)26)18-7-2-3-8-19(18)21(28-14-15-9-10-15)24-17-6-4-5-16(11-17)12-23/h2-8,11,13,15H,9-10,14H2,1H3,(H,25,26)/b20-13+,24-21?. The van der Waals surface area contributed by atoms with Crippen molar-refractivity contribution in [2.24, 2.45) is 10.9 Å². The van der Waals surface area contributed by atoms with Crippen LogP contribution in [0.2, 0.25) is 0 Å². The Morgan fingerprint density at radius 1 is 1.29 bits per heavy atom. The molecule has 28 heavy (non-hydrogen) atoms. The number of ether oxygens (including phenoxy) is 1. The van der Waals surface area contributed by atoms with E-state index in [1.54, 1.807) is 42.1 Å². The van der Waals surface area contributed by atoms with Crippen molar-refractivity contribution in [1.29, 1.82) is 5.26 Å². The van der Waals surface area contributed by atoms with Crippen LogP contribution in [0.25, 0.3) is 5.57 Å². The zero-order chi connectivity index (χ0) is 19.9. The lowest BCUT2D eigenvalue weighted by Crippen LogP contribution is -2.07. The van der Waals surface area contributed by atoms with Crippen molar-refractivity contribution in [3.05, 3.63) is 71.5 Å². The summed E-state index contributed by atoms with van der Waals surface area (Å²) in [6, 6.07) is 16.5. The van der Waals surface area contributed by atoms with Gasteiger partial charge in [-0.3, -0.25) is 0 Å². The number of hydrogen-bond donors (Lipinski definition) is 1. The van der Waals surface area contributed by atoms with Crippen molar-refractivity contribution in [3.63, 3.8) is 0 Å². The van der Waals surface area contributed by atoms with E-state index in [1.807, 2.05) is 18.2 Å². The average molecular weight is 392 g/mol. The van der Waals surface area contributed by atoms with Crippen LogP contribution in [-0.4, -0.2) is 29.0 Å². The van der Waals surface area contributed by atoms with Crippen LogP contribution in [0.5, 0.6) is 0 Å². The molecule has 0 amide bonds. The Labute approximate surface area is 168 Å². The average Bonchev–Trinajstić information content (AvgIpc) is 3.54. The summed E-state index contributed by atoms with van der Waals surface area (Å²) in [5.41, 5.74) is 2.56. The fraction of sp³-hybridized carbons (Fsp3) is 0.227. The summed E-state index contributed by atoms with van der Waals surface area (Å²) < 4.78 is 4.99. The third kappa shape index (κ3) is 5.02. The van der Waals surface area contributed by atoms with E-state index >= 15 is 0 Å². The molecule has 1 saturated carbocycles. The van der Waals surface area contributed by atoms with Gasteiger partial charge >= 0.3 is 5.97 Å². The van der Waals surface area contributed by atoms with Gasteiger partial charge in [-0.15, -0.1) is 11.8 Å². The number of aliphatic carboxylic acids is 1. The van der Waals surface area contributed by atoms with Crippen molar-refractivity contribution in [1.82, 2.24) is 0 Å². The Morgan fingerprint density at radius 3 is 2.68 bits per heavy atom. The number of carboxylic acids is 1. The van der Waals surface area contributed by atoms with Gasteiger partial charge in [0.2, 0.25) is 0 Å². The van der Waals surface area contributed by atoms with Gasteiger partial charge in [-0.25, -0.2) is 9.79 Å². The van der Waals surface area contributed by atoms with Crippen molar-refractivity contribution in [3.8, 4) is 6.07 Å². The first-order valence-electron chi connectivity index (χ1n) is 8.90. The minimum atomic E-state index is -1.06. The smallest absolute Gasteiger partial charge is 0.339 e. The summed E-state index contributed by atoms with van der Waals surface area (Å²) in [7, 11) is 1.43. The highest BCUT2D eigenvalue weighted by Crippen LogP contribution is 2.35. The molecule has 0 spiro atoms. The summed E-state index contributed by atoms with van der Waals surface area (Å²) >= 11 is 1.62. The van der Waals surface area contributed by atoms with Crippen LogP contribution in [-0.2, 0) is 9.53 Å². The summed E-state index contributed by atoms with van der Waals surface area (Å²) in [5, 5.41) is 19.5. The highest BCUT2D eigenvalue weighted by Gasteiger charge is 2.24. The van der Waals surface area contributed by atoms with Crippen LogP contribution in [0.1, 0.15) is 29.5 Å². The van der Waals surface area contributed by atoms with Gasteiger partial charge in [-0.05, 0) is 37.0 Å². The number of carboxylic acid groups (broad SMARTS) is 1. The molecule has 0 bridgehead atoms. The minimum absolute atomic E-state index is 0.0728. The van der Waals surface area contributed by atoms with E-state index in [4.69, 9.17) is 15.0 Å². The monoisotopic (exact) mass is 392 g/mol.